The molecule has 0 unspecified atom stereocenters. The highest BCUT2D eigenvalue weighted by molar-refractivity contribution is 5.94. The lowest BCUT2D eigenvalue weighted by Crippen LogP contribution is -2.47. The quantitative estimate of drug-likeness (QED) is 0.919. The molecule has 130 valence electrons. The average Bonchev–Trinajstić information content (AvgIpc) is 2.62. The Kier molecular flexibility index (Phi) is 4.90. The first-order valence-electron chi connectivity index (χ1n) is 8.91. The van der Waals surface area contributed by atoms with Crippen LogP contribution in [0, 0.1) is 0 Å². The zero-order chi connectivity index (χ0) is 17.2. The Balaban J connectivity index is 1.77. The summed E-state index contributed by atoms with van der Waals surface area (Å²) in [5.41, 5.74) is 6.85. The number of hydrogen-bond acceptors (Lipinski definition) is 3. The number of rotatable bonds is 3. The van der Waals surface area contributed by atoms with Crippen molar-refractivity contribution in [3.05, 3.63) is 35.4 Å². The number of piperazine rings is 1. The van der Waals surface area contributed by atoms with E-state index in [2.05, 4.69) is 11.9 Å². The number of nitrogens with zero attached hydrogens (tertiary/aromatic N) is 2. The first-order chi connectivity index (χ1) is 11.5. The average molecular weight is 329 g/mol. The van der Waals surface area contributed by atoms with Gasteiger partial charge in [-0.05, 0) is 37.6 Å². The Morgan fingerprint density at radius 2 is 1.54 bits per heavy atom. The molecule has 2 fully saturated rings. The number of nitrogens with two attached hydrogens (primary N) is 1. The Bertz CT molecular complexity index is 598. The van der Waals surface area contributed by atoms with E-state index in [1.165, 1.54) is 0 Å². The standard InChI is InChI=1S/C19H27N3O2/c1-21-11-13-22(14-12-21)17(23)15-5-7-16(8-6-15)19(18(20)24)9-3-2-4-10-19/h5-8H,2-4,9-14H2,1H3,(H2,20,24). The molecule has 1 aromatic carbocycles. The van der Waals surface area contributed by atoms with Crippen LogP contribution in [0.1, 0.15) is 48.0 Å². The van der Waals surface area contributed by atoms with Crippen LogP contribution in [0.4, 0.5) is 0 Å². The van der Waals surface area contributed by atoms with Crippen LogP contribution in [0.15, 0.2) is 24.3 Å². The molecule has 5 heteroatoms. The van der Waals surface area contributed by atoms with Crippen molar-refractivity contribution in [2.75, 3.05) is 33.2 Å². The first kappa shape index (κ1) is 17.0. The Labute approximate surface area is 143 Å². The number of primary amides is 1. The van der Waals surface area contributed by atoms with E-state index in [9.17, 15) is 9.59 Å². The van der Waals surface area contributed by atoms with Crippen molar-refractivity contribution in [3.63, 3.8) is 0 Å². The van der Waals surface area contributed by atoms with E-state index in [1.807, 2.05) is 29.2 Å². The fraction of sp³-hybridized carbons (Fsp3) is 0.579. The third-order valence-electron chi connectivity index (χ3n) is 5.65. The third kappa shape index (κ3) is 3.18. The predicted octanol–water partition coefficient (Wildman–Crippen LogP) is 1.76. The summed E-state index contributed by atoms with van der Waals surface area (Å²) in [4.78, 5) is 28.9. The van der Waals surface area contributed by atoms with Gasteiger partial charge >= 0.3 is 0 Å². The molecule has 5 nitrogen and oxygen atoms in total. The smallest absolute Gasteiger partial charge is 0.253 e. The van der Waals surface area contributed by atoms with Gasteiger partial charge in [0.2, 0.25) is 5.91 Å². The summed E-state index contributed by atoms with van der Waals surface area (Å²) in [7, 11) is 2.07. The van der Waals surface area contributed by atoms with Crippen LogP contribution in [0.3, 0.4) is 0 Å². The van der Waals surface area contributed by atoms with Crippen LogP contribution < -0.4 is 5.73 Å². The number of carbonyl (C=O) groups is 2. The van der Waals surface area contributed by atoms with Crippen molar-refractivity contribution in [2.45, 2.75) is 37.5 Å². The van der Waals surface area contributed by atoms with E-state index >= 15 is 0 Å². The van der Waals surface area contributed by atoms with Crippen LogP contribution >= 0.6 is 0 Å². The van der Waals surface area contributed by atoms with E-state index in [1.54, 1.807) is 0 Å². The number of amides is 2. The highest BCUT2D eigenvalue weighted by Crippen LogP contribution is 2.39. The molecule has 2 aliphatic rings. The van der Waals surface area contributed by atoms with Gasteiger partial charge in [0.25, 0.3) is 5.91 Å². The summed E-state index contributed by atoms with van der Waals surface area (Å²) < 4.78 is 0. The maximum atomic E-state index is 12.6. The molecule has 2 N–H and O–H groups in total. The minimum absolute atomic E-state index is 0.0754. The summed E-state index contributed by atoms with van der Waals surface area (Å²) in [6, 6.07) is 7.57. The number of benzene rings is 1. The summed E-state index contributed by atoms with van der Waals surface area (Å²) in [6.07, 6.45) is 4.85. The van der Waals surface area contributed by atoms with Crippen LogP contribution in [0.5, 0.6) is 0 Å². The summed E-state index contributed by atoms with van der Waals surface area (Å²) in [5.74, 6) is -0.160. The van der Waals surface area contributed by atoms with Gasteiger partial charge in [0.15, 0.2) is 0 Å². The Morgan fingerprint density at radius 1 is 0.958 bits per heavy atom. The molecule has 0 aromatic heterocycles. The summed E-state index contributed by atoms with van der Waals surface area (Å²) >= 11 is 0. The zero-order valence-corrected chi connectivity index (χ0v) is 14.5. The van der Waals surface area contributed by atoms with Crippen molar-refractivity contribution in [2.24, 2.45) is 5.73 Å². The van der Waals surface area contributed by atoms with Crippen molar-refractivity contribution < 1.29 is 9.59 Å². The molecule has 2 amide bonds. The third-order valence-corrected chi connectivity index (χ3v) is 5.65. The van der Waals surface area contributed by atoms with Crippen molar-refractivity contribution >= 4 is 11.8 Å². The monoisotopic (exact) mass is 329 g/mol. The maximum absolute atomic E-state index is 12.6. The minimum atomic E-state index is -0.548. The number of hydrogen-bond donors (Lipinski definition) is 1. The molecule has 0 radical (unpaired) electrons. The fourth-order valence-electron chi connectivity index (χ4n) is 3.96. The minimum Gasteiger partial charge on any atom is -0.369 e. The molecule has 0 atom stereocenters. The molecule has 0 bridgehead atoms. The molecule has 1 saturated heterocycles. The van der Waals surface area contributed by atoms with E-state index in [4.69, 9.17) is 5.73 Å². The van der Waals surface area contributed by atoms with Gasteiger partial charge in [-0.3, -0.25) is 9.59 Å². The highest BCUT2D eigenvalue weighted by Gasteiger charge is 2.39. The molecule has 24 heavy (non-hydrogen) atoms. The van der Waals surface area contributed by atoms with Gasteiger partial charge in [0.1, 0.15) is 0 Å². The van der Waals surface area contributed by atoms with Gasteiger partial charge in [0, 0.05) is 31.7 Å². The zero-order valence-electron chi connectivity index (χ0n) is 14.5. The van der Waals surface area contributed by atoms with Gasteiger partial charge in [-0.1, -0.05) is 31.4 Å². The Morgan fingerprint density at radius 3 is 2.08 bits per heavy atom. The summed E-state index contributed by atoms with van der Waals surface area (Å²) in [5, 5.41) is 0. The lowest BCUT2D eigenvalue weighted by atomic mass is 9.69. The van der Waals surface area contributed by atoms with Crippen molar-refractivity contribution in [3.8, 4) is 0 Å². The molecule has 0 spiro atoms. The SMILES string of the molecule is CN1CCN(C(=O)c2ccc(C3(C(N)=O)CCCCC3)cc2)CC1. The number of likely N-dealkylation sites (N-methyl/N-ethyl adjacent to an activating group) is 1. The highest BCUT2D eigenvalue weighted by atomic mass is 16.2. The molecular formula is C19H27N3O2. The largest absolute Gasteiger partial charge is 0.369 e. The van der Waals surface area contributed by atoms with Crippen LogP contribution in [0.25, 0.3) is 0 Å². The predicted molar refractivity (Wildman–Crippen MR) is 93.8 cm³/mol. The lowest BCUT2D eigenvalue weighted by molar-refractivity contribution is -0.124. The topological polar surface area (TPSA) is 66.6 Å². The second-order valence-electron chi connectivity index (χ2n) is 7.18. The Hall–Kier alpha value is -1.88. The molecule has 1 aliphatic heterocycles. The van der Waals surface area contributed by atoms with E-state index in [0.717, 1.165) is 63.8 Å². The lowest BCUT2D eigenvalue weighted by Gasteiger charge is -2.35. The van der Waals surface area contributed by atoms with Crippen molar-refractivity contribution in [1.82, 2.24) is 9.80 Å². The van der Waals surface area contributed by atoms with E-state index in [0.29, 0.717) is 5.56 Å². The fourth-order valence-corrected chi connectivity index (χ4v) is 3.96. The number of carbonyl (C=O) groups excluding carboxylic acids is 2. The second kappa shape index (κ2) is 6.93. The maximum Gasteiger partial charge on any atom is 0.253 e. The van der Waals surface area contributed by atoms with Crippen molar-refractivity contribution in [1.29, 1.82) is 0 Å². The van der Waals surface area contributed by atoms with Crippen LogP contribution in [-0.2, 0) is 10.2 Å². The molecule has 1 heterocycles. The molecular weight excluding hydrogens is 302 g/mol. The van der Waals surface area contributed by atoms with Gasteiger partial charge < -0.3 is 15.5 Å². The van der Waals surface area contributed by atoms with Gasteiger partial charge in [-0.15, -0.1) is 0 Å². The molecule has 1 aromatic rings. The van der Waals surface area contributed by atoms with Crippen LogP contribution in [-0.4, -0.2) is 54.8 Å². The second-order valence-corrected chi connectivity index (χ2v) is 7.18. The first-order valence-corrected chi connectivity index (χ1v) is 8.91. The van der Waals surface area contributed by atoms with E-state index < -0.39 is 5.41 Å². The van der Waals surface area contributed by atoms with Crippen LogP contribution in [0.2, 0.25) is 0 Å². The van der Waals surface area contributed by atoms with Gasteiger partial charge in [-0.2, -0.15) is 0 Å². The summed E-state index contributed by atoms with van der Waals surface area (Å²) in [6.45, 7) is 3.35. The van der Waals surface area contributed by atoms with Gasteiger partial charge in [0.05, 0.1) is 5.41 Å². The van der Waals surface area contributed by atoms with Gasteiger partial charge in [-0.25, -0.2) is 0 Å². The molecule has 3 rings (SSSR count). The molecule has 1 saturated carbocycles. The normalized spacial score (nSPS) is 21.5. The van der Waals surface area contributed by atoms with E-state index in [-0.39, 0.29) is 11.8 Å². The molecule has 1 aliphatic carbocycles.